The summed E-state index contributed by atoms with van der Waals surface area (Å²) in [7, 11) is -4.12. The molecule has 22 heavy (non-hydrogen) atoms. The highest BCUT2D eigenvalue weighted by molar-refractivity contribution is 7.98. The number of anilines is 1. The molecule has 0 spiro atoms. The second-order valence-electron chi connectivity index (χ2n) is 3.70. The van der Waals surface area contributed by atoms with Crippen LogP contribution in [0.25, 0.3) is 0 Å². The zero-order valence-electron chi connectivity index (χ0n) is 11.0. The van der Waals surface area contributed by atoms with Crippen molar-refractivity contribution in [1.29, 1.82) is 0 Å². The van der Waals surface area contributed by atoms with Gasteiger partial charge in [0.15, 0.2) is 0 Å². The average molecular weight is 361 g/mol. The molecule has 2 aromatic rings. The van der Waals surface area contributed by atoms with Gasteiger partial charge in [0, 0.05) is 0 Å². The molecule has 12 heteroatoms. The van der Waals surface area contributed by atoms with E-state index in [4.69, 9.17) is 11.6 Å². The maximum Gasteiger partial charge on any atom is 0.335 e. The van der Waals surface area contributed by atoms with E-state index < -0.39 is 16.1 Å². The third-order valence-corrected chi connectivity index (χ3v) is 4.58. The van der Waals surface area contributed by atoms with Crippen molar-refractivity contribution in [1.82, 2.24) is 25.1 Å². The van der Waals surface area contributed by atoms with E-state index >= 15 is 0 Å². The van der Waals surface area contributed by atoms with Crippen LogP contribution in [0.2, 0.25) is 5.02 Å². The molecule has 0 unspecified atom stereocenters. The fraction of sp³-hybridized carbons (Fsp3) is 0.100. The number of carbonyl (C=O) groups excluding carboxylic acids is 1. The first-order valence-electron chi connectivity index (χ1n) is 5.62. The number of carbonyl (C=O) groups is 1. The lowest BCUT2D eigenvalue weighted by atomic mass is 10.4. The SMILES string of the molecule is CSc1nnc(NC(=O)NS(=O)(=O)c2ccccc2Cl)nn1. The highest BCUT2D eigenvalue weighted by Gasteiger charge is 2.20. The van der Waals surface area contributed by atoms with Crippen molar-refractivity contribution in [2.75, 3.05) is 11.6 Å². The van der Waals surface area contributed by atoms with Crippen LogP contribution in [-0.4, -0.2) is 41.1 Å². The van der Waals surface area contributed by atoms with Crippen LogP contribution in [0.5, 0.6) is 0 Å². The van der Waals surface area contributed by atoms with E-state index in [1.807, 2.05) is 0 Å². The molecule has 2 N–H and O–H groups in total. The number of benzene rings is 1. The molecule has 0 atom stereocenters. The van der Waals surface area contributed by atoms with Gasteiger partial charge in [-0.05, 0) is 18.4 Å². The summed E-state index contributed by atoms with van der Waals surface area (Å²) in [5.74, 6) is -0.232. The van der Waals surface area contributed by atoms with Crippen LogP contribution < -0.4 is 10.0 Å². The highest BCUT2D eigenvalue weighted by Crippen LogP contribution is 2.20. The summed E-state index contributed by atoms with van der Waals surface area (Å²) >= 11 is 7.01. The summed E-state index contributed by atoms with van der Waals surface area (Å²) in [5, 5.41) is 16.9. The Morgan fingerprint density at radius 2 is 1.82 bits per heavy atom. The van der Waals surface area contributed by atoms with Crippen molar-refractivity contribution in [2.24, 2.45) is 0 Å². The van der Waals surface area contributed by atoms with Crippen LogP contribution in [0, 0.1) is 0 Å². The number of nitrogens with one attached hydrogen (secondary N) is 2. The summed E-state index contributed by atoms with van der Waals surface area (Å²) in [6, 6.07) is 4.66. The molecule has 2 amide bonds. The summed E-state index contributed by atoms with van der Waals surface area (Å²) in [5.41, 5.74) is 0. The van der Waals surface area contributed by atoms with Crippen LogP contribution in [0.3, 0.4) is 0 Å². The minimum Gasteiger partial charge on any atom is -0.273 e. The lowest BCUT2D eigenvalue weighted by Gasteiger charge is -2.08. The summed E-state index contributed by atoms with van der Waals surface area (Å²) in [6.45, 7) is 0. The summed E-state index contributed by atoms with van der Waals surface area (Å²) in [4.78, 5) is 11.5. The third kappa shape index (κ3) is 4.02. The monoisotopic (exact) mass is 360 g/mol. The largest absolute Gasteiger partial charge is 0.335 e. The van der Waals surface area contributed by atoms with Gasteiger partial charge in [0.25, 0.3) is 16.0 Å². The molecule has 0 aliphatic rings. The maximum atomic E-state index is 12.0. The fourth-order valence-electron chi connectivity index (χ4n) is 1.32. The number of sulfonamides is 1. The molecule has 1 aromatic carbocycles. The van der Waals surface area contributed by atoms with E-state index in [0.29, 0.717) is 5.16 Å². The van der Waals surface area contributed by atoms with E-state index in [-0.39, 0.29) is 15.9 Å². The Labute approximate surface area is 134 Å². The second-order valence-corrected chi connectivity index (χ2v) is 6.53. The van der Waals surface area contributed by atoms with Gasteiger partial charge < -0.3 is 0 Å². The zero-order valence-corrected chi connectivity index (χ0v) is 13.4. The van der Waals surface area contributed by atoms with Gasteiger partial charge >= 0.3 is 6.03 Å². The number of thioether (sulfide) groups is 1. The topological polar surface area (TPSA) is 127 Å². The predicted molar refractivity (Wildman–Crippen MR) is 80.2 cm³/mol. The molecule has 116 valence electrons. The molecule has 0 saturated heterocycles. The number of halogens is 1. The van der Waals surface area contributed by atoms with Crippen molar-refractivity contribution >= 4 is 45.4 Å². The molecule has 0 bridgehead atoms. The molecule has 1 heterocycles. The number of hydrogen-bond acceptors (Lipinski definition) is 8. The lowest BCUT2D eigenvalue weighted by molar-refractivity contribution is 0.256. The highest BCUT2D eigenvalue weighted by atomic mass is 35.5. The van der Waals surface area contributed by atoms with Gasteiger partial charge in [0.2, 0.25) is 5.16 Å². The number of nitrogens with zero attached hydrogens (tertiary/aromatic N) is 4. The Balaban J connectivity index is 2.09. The van der Waals surface area contributed by atoms with Crippen molar-refractivity contribution in [2.45, 2.75) is 10.1 Å². The standard InChI is InChI=1S/C10H9ClN6O3S2/c1-21-10-15-13-8(14-16-10)12-9(18)17-22(19,20)7-5-3-2-4-6(7)11/h2-5H,1H3,(H2,12,13,14,17,18). The Kier molecular flexibility index (Phi) is 5.11. The number of rotatable bonds is 4. The van der Waals surface area contributed by atoms with E-state index in [1.165, 1.54) is 30.0 Å². The molecular formula is C10H9ClN6O3S2. The van der Waals surface area contributed by atoms with E-state index in [1.54, 1.807) is 17.0 Å². The zero-order chi connectivity index (χ0) is 16.2. The van der Waals surface area contributed by atoms with Crippen molar-refractivity contribution in [3.63, 3.8) is 0 Å². The number of hydrogen-bond donors (Lipinski definition) is 2. The van der Waals surface area contributed by atoms with Crippen molar-refractivity contribution in [3.05, 3.63) is 29.3 Å². The molecule has 1 aromatic heterocycles. The normalized spacial score (nSPS) is 11.0. The molecule has 9 nitrogen and oxygen atoms in total. The number of urea groups is 1. The smallest absolute Gasteiger partial charge is 0.273 e. The first-order valence-corrected chi connectivity index (χ1v) is 8.70. The molecule has 2 rings (SSSR count). The first-order chi connectivity index (χ1) is 10.4. The van der Waals surface area contributed by atoms with E-state index in [9.17, 15) is 13.2 Å². The van der Waals surface area contributed by atoms with Crippen LogP contribution in [0.4, 0.5) is 10.7 Å². The molecule has 0 radical (unpaired) electrons. The van der Waals surface area contributed by atoms with Gasteiger partial charge in [-0.25, -0.2) is 17.9 Å². The first kappa shape index (κ1) is 16.4. The molecular weight excluding hydrogens is 352 g/mol. The molecule has 0 saturated carbocycles. The number of aromatic nitrogens is 4. The van der Waals surface area contributed by atoms with E-state index in [0.717, 1.165) is 0 Å². The fourth-order valence-corrected chi connectivity index (χ4v) is 2.99. The van der Waals surface area contributed by atoms with Crippen molar-refractivity contribution < 1.29 is 13.2 Å². The Morgan fingerprint density at radius 1 is 1.18 bits per heavy atom. The Bertz CT molecular complexity index is 784. The minimum atomic E-state index is -4.12. The minimum absolute atomic E-state index is 0.00768. The van der Waals surface area contributed by atoms with Gasteiger partial charge in [-0.1, -0.05) is 35.5 Å². The summed E-state index contributed by atoms with van der Waals surface area (Å²) in [6.07, 6.45) is 1.73. The van der Waals surface area contributed by atoms with Gasteiger partial charge in [0.05, 0.1) is 5.02 Å². The lowest BCUT2D eigenvalue weighted by Crippen LogP contribution is -2.35. The average Bonchev–Trinajstić information content (AvgIpc) is 2.47. The quantitative estimate of drug-likeness (QED) is 0.777. The van der Waals surface area contributed by atoms with Crippen LogP contribution in [0.15, 0.2) is 34.3 Å². The van der Waals surface area contributed by atoms with E-state index in [2.05, 4.69) is 25.7 Å². The maximum absolute atomic E-state index is 12.0. The number of amides is 2. The Hall–Kier alpha value is -1.98. The van der Waals surface area contributed by atoms with Gasteiger partial charge in [-0.2, -0.15) is 0 Å². The van der Waals surface area contributed by atoms with Crippen LogP contribution in [-0.2, 0) is 10.0 Å². The van der Waals surface area contributed by atoms with Gasteiger partial charge in [-0.3, -0.25) is 5.32 Å². The predicted octanol–water partition coefficient (Wildman–Crippen LogP) is 1.15. The van der Waals surface area contributed by atoms with Gasteiger partial charge in [0.1, 0.15) is 4.90 Å². The van der Waals surface area contributed by atoms with Crippen LogP contribution >= 0.6 is 23.4 Å². The molecule has 0 fully saturated rings. The summed E-state index contributed by atoms with van der Waals surface area (Å²) < 4.78 is 25.8. The molecule has 0 aliphatic carbocycles. The second kappa shape index (κ2) is 6.85. The van der Waals surface area contributed by atoms with Crippen LogP contribution in [0.1, 0.15) is 0 Å². The third-order valence-electron chi connectivity index (χ3n) is 2.22. The molecule has 0 aliphatic heterocycles. The van der Waals surface area contributed by atoms with Gasteiger partial charge in [-0.15, -0.1) is 20.4 Å². The van der Waals surface area contributed by atoms with Crippen molar-refractivity contribution in [3.8, 4) is 0 Å². The Morgan fingerprint density at radius 3 is 2.41 bits per heavy atom.